The quantitative estimate of drug-likeness (QED) is 0.0705. The molecule has 32 atom stereocenters. The Labute approximate surface area is 588 Å². The predicted octanol–water partition coefficient (Wildman–Crippen LogP) is 7.65. The van der Waals surface area contributed by atoms with Crippen LogP contribution in [-0.4, -0.2) is 105 Å². The molecule has 0 aromatic rings. The second kappa shape index (κ2) is 32.4. The average Bonchev–Trinajstić information content (AvgIpc) is 2.04. The summed E-state index contributed by atoms with van der Waals surface area (Å²) in [6.07, 6.45) is 32.8. The summed E-state index contributed by atoms with van der Waals surface area (Å²) in [6, 6.07) is 0. The molecule has 0 spiro atoms. The summed E-state index contributed by atoms with van der Waals surface area (Å²) in [5, 5.41) is 0. The van der Waals surface area contributed by atoms with Crippen molar-refractivity contribution in [1.82, 2.24) is 0 Å². The minimum absolute atomic E-state index is 0.424. The number of hydrogen-bond donors (Lipinski definition) is 16. The van der Waals surface area contributed by atoms with E-state index in [1.54, 1.807) is 0 Å². The van der Waals surface area contributed by atoms with Gasteiger partial charge in [-0.15, -0.1) is 0 Å². The summed E-state index contributed by atoms with van der Waals surface area (Å²) in [5.41, 5.74) is 96.0. The number of nitrogens with two attached hydrogens (primary N) is 16. The van der Waals surface area contributed by atoms with Gasteiger partial charge in [-0.25, -0.2) is 0 Å². The van der Waals surface area contributed by atoms with E-state index in [4.69, 9.17) is 91.7 Å². The van der Waals surface area contributed by atoms with E-state index in [1.807, 2.05) is 0 Å². The van der Waals surface area contributed by atoms with Crippen LogP contribution in [0.25, 0.3) is 0 Å². The molecule has 16 heteroatoms. The summed E-state index contributed by atoms with van der Waals surface area (Å²) in [7, 11) is 0. The Morgan fingerprint density at radius 1 is 0.188 bits per heavy atom. The van der Waals surface area contributed by atoms with E-state index in [0.29, 0.717) is 43.3 Å². The molecule has 0 saturated heterocycles. The monoisotopic (exact) mass is 1350 g/mol. The number of rotatable bonds is 16. The molecular formula is C80H160N16. The van der Waals surface area contributed by atoms with Crippen molar-refractivity contribution in [2.45, 2.75) is 209 Å². The highest BCUT2D eigenvalue weighted by molar-refractivity contribution is 5.09. The van der Waals surface area contributed by atoms with Gasteiger partial charge in [0.1, 0.15) is 0 Å². The molecular weight excluding hydrogens is 1180 g/mol. The molecule has 0 heterocycles. The Morgan fingerprint density at radius 3 is 0.469 bits per heavy atom. The maximum Gasteiger partial charge on any atom is -0.00203 e. The molecule has 0 aliphatic heterocycles. The maximum atomic E-state index is 5.83. The molecule has 0 amide bonds. The molecule has 16 saturated carbocycles. The Bertz CT molecular complexity index is 2090. The van der Waals surface area contributed by atoms with Crippen molar-refractivity contribution in [3.8, 4) is 0 Å². The fourth-order valence-electron chi connectivity index (χ4n) is 27.6. The highest BCUT2D eigenvalue weighted by atomic mass is 14.8. The van der Waals surface area contributed by atoms with Crippen molar-refractivity contribution in [3.05, 3.63) is 0 Å². The van der Waals surface area contributed by atoms with Gasteiger partial charge < -0.3 is 91.7 Å². The van der Waals surface area contributed by atoms with Crippen LogP contribution in [0.5, 0.6) is 0 Å². The molecule has 16 nitrogen and oxygen atoms in total. The van der Waals surface area contributed by atoms with Crippen molar-refractivity contribution in [1.29, 1.82) is 0 Å². The van der Waals surface area contributed by atoms with Crippen molar-refractivity contribution in [3.63, 3.8) is 0 Å². The molecule has 96 heavy (non-hydrogen) atoms. The minimum Gasteiger partial charge on any atom is -0.330 e. The minimum atomic E-state index is 0.424. The SMILES string of the molecule is CC1(CN)CC2CC(CN)C1C2.CC1(CN)CC2CC(CN)C1C2.CC1(CN)CC2CC(CN)C1C2.CC1(CN)CC2CC(CN)C1C2.CC1(CN)CC2CC1CC2CN.CC1(CN)CC2CC1CC2CN.CC1(CN)CC2CC1CC2CN.CC1(CN)CC2CC1CC2CN. The van der Waals surface area contributed by atoms with Crippen LogP contribution in [0.1, 0.15) is 209 Å². The molecule has 0 aromatic carbocycles. The van der Waals surface area contributed by atoms with Crippen molar-refractivity contribution in [2.24, 2.45) is 277 Å². The largest absolute Gasteiger partial charge is 0.330 e. The normalized spacial score (nSPS) is 51.8. The average molecular weight is 1350 g/mol. The smallest absolute Gasteiger partial charge is 0.00203 e. The molecule has 32 unspecified atom stereocenters. The van der Waals surface area contributed by atoms with Crippen LogP contribution in [0.2, 0.25) is 0 Å². The van der Waals surface area contributed by atoms with E-state index in [9.17, 15) is 0 Å². The molecule has 16 fully saturated rings. The lowest BCUT2D eigenvalue weighted by molar-refractivity contribution is 0.142. The van der Waals surface area contributed by atoms with E-state index in [0.717, 1.165) is 247 Å². The highest BCUT2D eigenvalue weighted by Gasteiger charge is 2.58. The summed E-state index contributed by atoms with van der Waals surface area (Å²) in [6.45, 7) is 32.7. The molecule has 32 N–H and O–H groups in total. The van der Waals surface area contributed by atoms with Gasteiger partial charge in [0, 0.05) is 0 Å². The molecule has 0 radical (unpaired) electrons. The van der Waals surface area contributed by atoms with Crippen LogP contribution in [0, 0.1) is 185 Å². The third-order valence-electron chi connectivity index (χ3n) is 34.1. The zero-order valence-electron chi connectivity index (χ0n) is 63.4. The summed E-state index contributed by atoms with van der Waals surface area (Å²) in [4.78, 5) is 0. The van der Waals surface area contributed by atoms with Crippen LogP contribution < -0.4 is 91.7 Å². The second-order valence-electron chi connectivity index (χ2n) is 40.0. The Morgan fingerprint density at radius 2 is 0.354 bits per heavy atom. The van der Waals surface area contributed by atoms with Crippen LogP contribution in [0.15, 0.2) is 0 Å². The van der Waals surface area contributed by atoms with Crippen LogP contribution in [-0.2, 0) is 0 Å². The van der Waals surface area contributed by atoms with Gasteiger partial charge in [0.05, 0.1) is 0 Å². The fourth-order valence-corrected chi connectivity index (χ4v) is 27.6. The second-order valence-corrected chi connectivity index (χ2v) is 40.0. The maximum absolute atomic E-state index is 5.83. The van der Waals surface area contributed by atoms with Gasteiger partial charge in [0.25, 0.3) is 0 Å². The first-order valence-electron chi connectivity index (χ1n) is 40.8. The summed E-state index contributed by atoms with van der Waals surface area (Å²) >= 11 is 0. The van der Waals surface area contributed by atoms with E-state index >= 15 is 0 Å². The topological polar surface area (TPSA) is 416 Å². The van der Waals surface area contributed by atoms with Crippen LogP contribution in [0.4, 0.5) is 0 Å². The van der Waals surface area contributed by atoms with E-state index in [-0.39, 0.29) is 0 Å². The van der Waals surface area contributed by atoms with Gasteiger partial charge in [-0.2, -0.15) is 0 Å². The standard InChI is InChI=1S/8C10H20N2/c4*1-10(6-12)4-7-2-9(10)3-8(7)5-11;4*1-10(6-12)4-7-2-8(5-11)9(10)3-7/h8*7-9H,2-6,11-12H2,1H3. The number of hydrogen-bond acceptors (Lipinski definition) is 16. The summed E-state index contributed by atoms with van der Waals surface area (Å²) in [5.74, 6) is 20.5. The van der Waals surface area contributed by atoms with Gasteiger partial charge >= 0.3 is 0 Å². The van der Waals surface area contributed by atoms with Crippen molar-refractivity contribution in [2.75, 3.05) is 105 Å². The van der Waals surface area contributed by atoms with Crippen molar-refractivity contribution < 1.29 is 0 Å². The van der Waals surface area contributed by atoms with Gasteiger partial charge in [0.15, 0.2) is 0 Å². The van der Waals surface area contributed by atoms with Crippen molar-refractivity contribution >= 4 is 0 Å². The Kier molecular flexibility index (Phi) is 26.8. The molecule has 16 aliphatic carbocycles. The first-order chi connectivity index (χ1) is 45.5. The third kappa shape index (κ3) is 16.0. The lowest BCUT2D eigenvalue weighted by Gasteiger charge is -2.37. The highest BCUT2D eigenvalue weighted by Crippen LogP contribution is 2.64. The van der Waals surface area contributed by atoms with Gasteiger partial charge in [0.2, 0.25) is 0 Å². The predicted molar refractivity (Wildman–Crippen MR) is 404 cm³/mol. The van der Waals surface area contributed by atoms with E-state index in [1.165, 1.54) is 154 Å². The number of fused-ring (bicyclic) bond motifs is 16. The van der Waals surface area contributed by atoms with Crippen LogP contribution >= 0.6 is 0 Å². The lowest BCUT2D eigenvalue weighted by Crippen LogP contribution is -2.39. The molecule has 16 rings (SSSR count). The molecule has 16 aliphatic rings. The molecule has 0 aromatic heterocycles. The van der Waals surface area contributed by atoms with E-state index in [2.05, 4.69) is 55.4 Å². The summed E-state index contributed by atoms with van der Waals surface area (Å²) < 4.78 is 0. The first-order valence-corrected chi connectivity index (χ1v) is 40.8. The molecule has 16 bridgehead atoms. The van der Waals surface area contributed by atoms with Gasteiger partial charge in [-0.05, 0) is 444 Å². The zero-order chi connectivity index (χ0) is 70.1. The van der Waals surface area contributed by atoms with Crippen LogP contribution in [0.3, 0.4) is 0 Å². The zero-order valence-corrected chi connectivity index (χ0v) is 63.4. The van der Waals surface area contributed by atoms with Gasteiger partial charge in [-0.1, -0.05) is 55.4 Å². The first kappa shape index (κ1) is 79.5. The lowest BCUT2D eigenvalue weighted by atomic mass is 9.70. The Balaban J connectivity index is 0.000000129. The van der Waals surface area contributed by atoms with Gasteiger partial charge in [-0.3, -0.25) is 0 Å². The molecule has 560 valence electrons. The Hall–Kier alpha value is -0.640. The fraction of sp³-hybridized carbons (Fsp3) is 1.00. The third-order valence-corrected chi connectivity index (χ3v) is 34.1. The van der Waals surface area contributed by atoms with E-state index < -0.39 is 0 Å².